The van der Waals surface area contributed by atoms with Crippen molar-refractivity contribution in [2.24, 2.45) is 5.10 Å². The van der Waals surface area contributed by atoms with Gasteiger partial charge in [-0.15, -0.1) is 0 Å². The Morgan fingerprint density at radius 1 is 1.25 bits per heavy atom. The summed E-state index contributed by atoms with van der Waals surface area (Å²) in [5, 5.41) is 3.91. The molecular formula is C9H8N2S. The highest BCUT2D eigenvalue weighted by molar-refractivity contribution is 7.80. The lowest BCUT2D eigenvalue weighted by Gasteiger charge is -2.05. The predicted molar refractivity (Wildman–Crippen MR) is 53.4 cm³/mol. The molecule has 0 aliphatic carbocycles. The first-order chi connectivity index (χ1) is 5.88. The first kappa shape index (κ1) is 7.43. The smallest absolute Gasteiger partial charge is 0.109 e. The van der Waals surface area contributed by atoms with Crippen LogP contribution in [0.1, 0.15) is 11.5 Å². The van der Waals surface area contributed by atoms with E-state index in [1.165, 1.54) is 5.56 Å². The maximum atomic E-state index is 5.09. The monoisotopic (exact) mass is 176 g/mol. The molecule has 0 amide bonds. The molecule has 0 saturated heterocycles. The summed E-state index contributed by atoms with van der Waals surface area (Å²) < 4.78 is 0. The van der Waals surface area contributed by atoms with Crippen LogP contribution in [-0.4, -0.2) is 11.2 Å². The Bertz CT molecular complexity index is 319. The number of benzene rings is 1. The van der Waals surface area contributed by atoms with E-state index in [1.807, 2.05) is 24.4 Å². The van der Waals surface area contributed by atoms with E-state index in [-0.39, 0.29) is 5.92 Å². The van der Waals surface area contributed by atoms with Crippen LogP contribution in [0.5, 0.6) is 0 Å². The largest absolute Gasteiger partial charge is 0.271 e. The standard InChI is InChI=1S/C9H8N2S/c12-9-8(6-10-11-9)7-4-2-1-3-5-7/h1-6,8H,(H,11,12). The molecule has 1 heterocycles. The zero-order valence-corrected chi connectivity index (χ0v) is 7.21. The van der Waals surface area contributed by atoms with Crippen molar-refractivity contribution in [2.45, 2.75) is 5.92 Å². The zero-order valence-electron chi connectivity index (χ0n) is 6.40. The maximum absolute atomic E-state index is 5.09. The fourth-order valence-electron chi connectivity index (χ4n) is 1.21. The number of hydrogen-bond acceptors (Lipinski definition) is 2. The highest BCUT2D eigenvalue weighted by Crippen LogP contribution is 2.16. The molecule has 0 aromatic heterocycles. The van der Waals surface area contributed by atoms with Crippen molar-refractivity contribution in [3.63, 3.8) is 0 Å². The molecule has 60 valence electrons. The molecule has 1 N–H and O–H groups in total. The molecule has 1 aromatic carbocycles. The average molecular weight is 176 g/mol. The molecular weight excluding hydrogens is 168 g/mol. The minimum Gasteiger partial charge on any atom is -0.271 e. The number of hydrogen-bond donors (Lipinski definition) is 1. The highest BCUT2D eigenvalue weighted by Gasteiger charge is 2.17. The van der Waals surface area contributed by atoms with Gasteiger partial charge < -0.3 is 0 Å². The van der Waals surface area contributed by atoms with Gasteiger partial charge in [-0.05, 0) is 5.56 Å². The number of thiocarbonyl (C=S) groups is 1. The Kier molecular flexibility index (Phi) is 1.87. The van der Waals surface area contributed by atoms with Gasteiger partial charge in [-0.25, -0.2) is 0 Å². The molecule has 0 saturated carbocycles. The summed E-state index contributed by atoms with van der Waals surface area (Å²) in [4.78, 5) is 0.779. The van der Waals surface area contributed by atoms with Crippen LogP contribution < -0.4 is 5.43 Å². The van der Waals surface area contributed by atoms with E-state index in [4.69, 9.17) is 12.2 Å². The van der Waals surface area contributed by atoms with Crippen LogP contribution in [-0.2, 0) is 0 Å². The Morgan fingerprint density at radius 2 is 2.00 bits per heavy atom. The first-order valence-electron chi connectivity index (χ1n) is 3.76. The molecule has 0 radical (unpaired) electrons. The lowest BCUT2D eigenvalue weighted by molar-refractivity contribution is 1.07. The van der Waals surface area contributed by atoms with Gasteiger partial charge in [0.1, 0.15) is 4.99 Å². The van der Waals surface area contributed by atoms with E-state index in [1.54, 1.807) is 0 Å². The third kappa shape index (κ3) is 1.23. The van der Waals surface area contributed by atoms with Crippen LogP contribution in [0.25, 0.3) is 0 Å². The molecule has 1 aliphatic heterocycles. The van der Waals surface area contributed by atoms with Gasteiger partial charge in [0, 0.05) is 6.21 Å². The lowest BCUT2D eigenvalue weighted by Crippen LogP contribution is -2.15. The van der Waals surface area contributed by atoms with Crippen LogP contribution in [0.15, 0.2) is 35.4 Å². The van der Waals surface area contributed by atoms with Gasteiger partial charge in [0.2, 0.25) is 0 Å². The quantitative estimate of drug-likeness (QED) is 0.658. The van der Waals surface area contributed by atoms with E-state index in [2.05, 4.69) is 22.7 Å². The second-order valence-corrected chi connectivity index (χ2v) is 3.08. The third-order valence-electron chi connectivity index (χ3n) is 1.84. The molecule has 1 unspecified atom stereocenters. The topological polar surface area (TPSA) is 24.4 Å². The van der Waals surface area contributed by atoms with Crippen molar-refractivity contribution in [1.29, 1.82) is 0 Å². The van der Waals surface area contributed by atoms with Crippen molar-refractivity contribution >= 4 is 23.4 Å². The fourth-order valence-corrected chi connectivity index (χ4v) is 1.46. The first-order valence-corrected chi connectivity index (χ1v) is 4.17. The molecule has 3 heteroatoms. The summed E-state index contributed by atoms with van der Waals surface area (Å²) in [6.07, 6.45) is 1.83. The van der Waals surface area contributed by atoms with E-state index in [0.29, 0.717) is 0 Å². The molecule has 1 aromatic rings. The molecule has 2 nitrogen and oxygen atoms in total. The number of nitrogens with zero attached hydrogens (tertiary/aromatic N) is 1. The molecule has 1 aliphatic rings. The van der Waals surface area contributed by atoms with E-state index >= 15 is 0 Å². The van der Waals surface area contributed by atoms with Crippen LogP contribution >= 0.6 is 12.2 Å². The van der Waals surface area contributed by atoms with Crippen LogP contribution in [0.4, 0.5) is 0 Å². The summed E-state index contributed by atoms with van der Waals surface area (Å²) in [5.74, 6) is 0.168. The van der Waals surface area contributed by atoms with Gasteiger partial charge in [-0.1, -0.05) is 42.5 Å². The molecule has 0 fully saturated rings. The van der Waals surface area contributed by atoms with Gasteiger partial charge in [-0.3, -0.25) is 5.43 Å². The summed E-state index contributed by atoms with van der Waals surface area (Å²) in [6.45, 7) is 0. The van der Waals surface area contributed by atoms with Crippen molar-refractivity contribution < 1.29 is 0 Å². The second kappa shape index (κ2) is 3.03. The Morgan fingerprint density at radius 3 is 2.58 bits per heavy atom. The second-order valence-electron chi connectivity index (χ2n) is 2.64. The van der Waals surface area contributed by atoms with Crippen molar-refractivity contribution in [1.82, 2.24) is 5.43 Å². The predicted octanol–water partition coefficient (Wildman–Crippen LogP) is 1.69. The number of nitrogens with one attached hydrogen (secondary N) is 1. The minimum absolute atomic E-state index is 0.168. The van der Waals surface area contributed by atoms with E-state index < -0.39 is 0 Å². The Balaban J connectivity index is 2.31. The third-order valence-corrected chi connectivity index (χ3v) is 2.18. The molecule has 0 spiro atoms. The summed E-state index contributed by atoms with van der Waals surface area (Å²) >= 11 is 5.09. The number of hydrazone groups is 1. The lowest BCUT2D eigenvalue weighted by atomic mass is 10.0. The van der Waals surface area contributed by atoms with Crippen LogP contribution in [0.3, 0.4) is 0 Å². The molecule has 0 bridgehead atoms. The van der Waals surface area contributed by atoms with Crippen molar-refractivity contribution in [2.75, 3.05) is 0 Å². The van der Waals surface area contributed by atoms with Gasteiger partial charge in [0.25, 0.3) is 0 Å². The molecule has 12 heavy (non-hydrogen) atoms. The Hall–Kier alpha value is -1.22. The summed E-state index contributed by atoms with van der Waals surface area (Å²) in [5.41, 5.74) is 3.96. The van der Waals surface area contributed by atoms with Crippen LogP contribution in [0, 0.1) is 0 Å². The molecule has 1 atom stereocenters. The van der Waals surface area contributed by atoms with Gasteiger partial charge >= 0.3 is 0 Å². The SMILES string of the molecule is S=C1NN=CC1c1ccccc1. The van der Waals surface area contributed by atoms with E-state index in [9.17, 15) is 0 Å². The van der Waals surface area contributed by atoms with Gasteiger partial charge in [0.15, 0.2) is 0 Å². The minimum atomic E-state index is 0.168. The average Bonchev–Trinajstić information content (AvgIpc) is 2.53. The molecule has 2 rings (SSSR count). The Labute approximate surface area is 76.3 Å². The van der Waals surface area contributed by atoms with Gasteiger partial charge in [0.05, 0.1) is 5.92 Å². The highest BCUT2D eigenvalue weighted by atomic mass is 32.1. The van der Waals surface area contributed by atoms with Crippen molar-refractivity contribution in [3.8, 4) is 0 Å². The normalized spacial score (nSPS) is 21.0. The van der Waals surface area contributed by atoms with E-state index in [0.717, 1.165) is 4.99 Å². The van der Waals surface area contributed by atoms with Crippen LogP contribution in [0.2, 0.25) is 0 Å². The van der Waals surface area contributed by atoms with Crippen molar-refractivity contribution in [3.05, 3.63) is 35.9 Å². The van der Waals surface area contributed by atoms with Gasteiger partial charge in [-0.2, -0.15) is 5.10 Å². The summed E-state index contributed by atoms with van der Waals surface area (Å²) in [7, 11) is 0. The zero-order chi connectivity index (χ0) is 8.39. The fraction of sp³-hybridized carbons (Fsp3) is 0.111. The maximum Gasteiger partial charge on any atom is 0.109 e. The summed E-state index contributed by atoms with van der Waals surface area (Å²) in [6, 6.07) is 10.1. The number of rotatable bonds is 1.